The molecule has 0 bridgehead atoms. The minimum atomic E-state index is -0.919. The molecule has 3 heterocycles. The summed E-state index contributed by atoms with van der Waals surface area (Å²) in [4.78, 5) is 19.0. The quantitative estimate of drug-likeness (QED) is 0.720. The smallest absolute Gasteiger partial charge is 0.407 e. The number of imidazole rings is 1. The zero-order chi connectivity index (χ0) is 20.1. The first-order valence-electron chi connectivity index (χ1n) is 9.30. The minimum Gasteiger partial charge on any atom is -0.494 e. The number of nitrogens with one attached hydrogen (secondary N) is 1. The number of amides is 1. The van der Waals surface area contributed by atoms with Crippen LogP contribution < -0.4 is 10.5 Å². The molecule has 1 atom stereocenters. The average Bonchev–Trinajstić information content (AvgIpc) is 3.34. The van der Waals surface area contributed by atoms with Gasteiger partial charge in [-0.2, -0.15) is 5.26 Å². The predicted molar refractivity (Wildman–Crippen MR) is 103 cm³/mol. The Labute approximate surface area is 163 Å². The third kappa shape index (κ3) is 4.28. The maximum atomic E-state index is 10.3. The predicted octanol–water partition coefficient (Wildman–Crippen LogP) is 2.56. The molecule has 150 valence electrons. The molecule has 1 amide bonds. The Kier molecular flexibility index (Phi) is 6.21. The van der Waals surface area contributed by atoms with Crippen LogP contribution in [0.3, 0.4) is 0 Å². The highest BCUT2D eigenvalue weighted by Gasteiger charge is 2.25. The fourth-order valence-corrected chi connectivity index (χ4v) is 3.65. The van der Waals surface area contributed by atoms with Gasteiger partial charge in [-0.15, -0.1) is 0 Å². The second-order valence-corrected chi connectivity index (χ2v) is 6.93. The van der Waals surface area contributed by atoms with Crippen LogP contribution >= 0.6 is 0 Å². The summed E-state index contributed by atoms with van der Waals surface area (Å²) in [6, 6.07) is 6.12. The number of carboxylic acid groups (broad SMARTS) is 1. The lowest BCUT2D eigenvalue weighted by Crippen LogP contribution is -2.26. The van der Waals surface area contributed by atoms with Crippen LogP contribution in [0, 0.1) is 17.2 Å². The van der Waals surface area contributed by atoms with Gasteiger partial charge in [-0.1, -0.05) is 6.07 Å². The Hall–Kier alpha value is -2.99. The minimum absolute atomic E-state index is 0.0869. The van der Waals surface area contributed by atoms with E-state index in [1.54, 1.807) is 7.11 Å². The van der Waals surface area contributed by atoms with E-state index in [4.69, 9.17) is 25.6 Å². The van der Waals surface area contributed by atoms with Gasteiger partial charge in [0.05, 0.1) is 24.6 Å². The molecule has 0 spiro atoms. The number of ether oxygens (including phenoxy) is 2. The largest absolute Gasteiger partial charge is 0.494 e. The third-order valence-electron chi connectivity index (χ3n) is 5.18. The first-order valence-corrected chi connectivity index (χ1v) is 9.30. The average molecular weight is 387 g/mol. The van der Waals surface area contributed by atoms with Crippen LogP contribution in [0.2, 0.25) is 0 Å². The summed E-state index contributed by atoms with van der Waals surface area (Å²) in [5.41, 5.74) is 8.82. The number of aromatic nitrogens is 2. The number of nitriles is 1. The van der Waals surface area contributed by atoms with Crippen LogP contribution in [0.5, 0.6) is 5.75 Å². The molecule has 2 saturated heterocycles. The molecule has 2 aliphatic rings. The highest BCUT2D eigenvalue weighted by molar-refractivity contribution is 5.86. The van der Waals surface area contributed by atoms with Crippen molar-refractivity contribution in [2.45, 2.75) is 25.2 Å². The van der Waals surface area contributed by atoms with Gasteiger partial charge in [0.1, 0.15) is 11.3 Å². The van der Waals surface area contributed by atoms with E-state index in [0.29, 0.717) is 31.4 Å². The fraction of sp³-hybridized carbons (Fsp3) is 0.526. The van der Waals surface area contributed by atoms with Gasteiger partial charge in [0, 0.05) is 26.3 Å². The number of benzene rings is 1. The number of hydrogen-bond acceptors (Lipinski definition) is 6. The number of anilines is 1. The second-order valence-electron chi connectivity index (χ2n) is 6.93. The van der Waals surface area contributed by atoms with Gasteiger partial charge in [0.2, 0.25) is 0 Å². The molecule has 28 heavy (non-hydrogen) atoms. The molecule has 0 unspecified atom stereocenters. The number of fused-ring (bicyclic) bond motifs is 1. The summed E-state index contributed by atoms with van der Waals surface area (Å²) in [6.07, 6.45) is 1.84. The molecule has 0 radical (unpaired) electrons. The van der Waals surface area contributed by atoms with E-state index in [0.717, 1.165) is 42.8 Å². The van der Waals surface area contributed by atoms with E-state index in [2.05, 4.69) is 16.0 Å². The van der Waals surface area contributed by atoms with Crippen molar-refractivity contribution < 1.29 is 19.4 Å². The number of nitrogens with zero attached hydrogens (tertiary/aromatic N) is 3. The van der Waals surface area contributed by atoms with Crippen LogP contribution in [0.25, 0.3) is 11.0 Å². The van der Waals surface area contributed by atoms with Crippen molar-refractivity contribution in [1.82, 2.24) is 14.9 Å². The van der Waals surface area contributed by atoms with Crippen LogP contribution in [0.15, 0.2) is 12.1 Å². The van der Waals surface area contributed by atoms with E-state index in [9.17, 15) is 4.79 Å². The normalized spacial score (nSPS) is 19.7. The van der Waals surface area contributed by atoms with Gasteiger partial charge in [0.15, 0.2) is 5.95 Å². The lowest BCUT2D eigenvalue weighted by molar-refractivity contribution is 0.0856. The Bertz CT molecular complexity index is 869. The highest BCUT2D eigenvalue weighted by Crippen LogP contribution is 2.35. The Morgan fingerprint density at radius 3 is 2.75 bits per heavy atom. The van der Waals surface area contributed by atoms with Gasteiger partial charge in [-0.25, -0.2) is 9.78 Å². The Balaban J connectivity index is 0.000000192. The number of hydrogen-bond donors (Lipinski definition) is 3. The standard InChI is InChI=1S/C13H17N3O2.C6H8N2O2/c1-17-10-3-2-9(8-4-6-18-7-5-8)11-12(10)16-13(14)15-11;7-3-5-1-2-8(4-5)6(9)10/h2-3,8H,4-7H2,1H3,(H3,14,15,16);5H,1-2,4H2,(H,9,10)/t;5-/m.1/s1. The first-order chi connectivity index (χ1) is 13.5. The number of methoxy groups -OCH3 is 1. The van der Waals surface area contributed by atoms with Crippen molar-refractivity contribution in [2.24, 2.45) is 5.92 Å². The molecule has 1 aromatic carbocycles. The van der Waals surface area contributed by atoms with Gasteiger partial charge in [-0.05, 0) is 36.8 Å². The molecule has 0 aliphatic carbocycles. The first kappa shape index (κ1) is 19.8. The van der Waals surface area contributed by atoms with Crippen molar-refractivity contribution in [3.63, 3.8) is 0 Å². The number of nitrogen functional groups attached to an aromatic ring is 1. The lowest BCUT2D eigenvalue weighted by Gasteiger charge is -2.22. The SMILES string of the molecule is COc1ccc(C2CCOCC2)c2nc(N)[nH]c12.N#C[C@H]1CCN(C(=O)O)C1. The number of nitrogens with two attached hydrogens (primary N) is 1. The lowest BCUT2D eigenvalue weighted by atomic mass is 9.90. The fourth-order valence-electron chi connectivity index (χ4n) is 3.65. The molecule has 9 heteroatoms. The van der Waals surface area contributed by atoms with Gasteiger partial charge in [0.25, 0.3) is 0 Å². The van der Waals surface area contributed by atoms with Gasteiger partial charge in [-0.3, -0.25) is 0 Å². The number of likely N-dealkylation sites (tertiary alicyclic amines) is 1. The van der Waals surface area contributed by atoms with E-state index in [1.165, 1.54) is 10.5 Å². The zero-order valence-electron chi connectivity index (χ0n) is 15.9. The van der Waals surface area contributed by atoms with Crippen molar-refractivity contribution in [1.29, 1.82) is 5.26 Å². The summed E-state index contributed by atoms with van der Waals surface area (Å²) in [5, 5.41) is 16.8. The summed E-state index contributed by atoms with van der Waals surface area (Å²) in [5.74, 6) is 1.62. The van der Waals surface area contributed by atoms with Crippen LogP contribution in [-0.2, 0) is 4.74 Å². The summed E-state index contributed by atoms with van der Waals surface area (Å²) in [6.45, 7) is 2.52. The van der Waals surface area contributed by atoms with Crippen molar-refractivity contribution in [2.75, 3.05) is 39.1 Å². The van der Waals surface area contributed by atoms with Crippen molar-refractivity contribution in [3.8, 4) is 11.8 Å². The van der Waals surface area contributed by atoms with E-state index >= 15 is 0 Å². The number of H-pyrrole nitrogens is 1. The van der Waals surface area contributed by atoms with Crippen LogP contribution in [-0.4, -0.2) is 59.5 Å². The van der Waals surface area contributed by atoms with Crippen molar-refractivity contribution >= 4 is 23.1 Å². The zero-order valence-corrected chi connectivity index (χ0v) is 15.9. The maximum Gasteiger partial charge on any atom is 0.407 e. The van der Waals surface area contributed by atoms with E-state index in [-0.39, 0.29) is 5.92 Å². The number of aromatic amines is 1. The highest BCUT2D eigenvalue weighted by atomic mass is 16.5. The van der Waals surface area contributed by atoms with Crippen LogP contribution in [0.1, 0.15) is 30.7 Å². The third-order valence-corrected chi connectivity index (χ3v) is 5.18. The summed E-state index contributed by atoms with van der Waals surface area (Å²) < 4.78 is 10.7. The summed E-state index contributed by atoms with van der Waals surface area (Å²) in [7, 11) is 1.65. The number of carbonyl (C=O) groups is 1. The molecule has 2 aliphatic heterocycles. The topological polar surface area (TPSA) is 137 Å². The molecule has 2 aromatic rings. The van der Waals surface area contributed by atoms with Gasteiger partial charge >= 0.3 is 6.09 Å². The van der Waals surface area contributed by atoms with Crippen LogP contribution in [0.4, 0.5) is 10.7 Å². The molecule has 1 aromatic heterocycles. The molecule has 4 rings (SSSR count). The molecule has 0 saturated carbocycles. The molecular weight excluding hydrogens is 362 g/mol. The molecule has 2 fully saturated rings. The van der Waals surface area contributed by atoms with Gasteiger partial charge < -0.3 is 30.2 Å². The maximum absolute atomic E-state index is 10.3. The molecule has 4 N–H and O–H groups in total. The second kappa shape index (κ2) is 8.80. The monoisotopic (exact) mass is 387 g/mol. The number of rotatable bonds is 2. The van der Waals surface area contributed by atoms with Crippen molar-refractivity contribution in [3.05, 3.63) is 17.7 Å². The van der Waals surface area contributed by atoms with E-state index in [1.807, 2.05) is 12.1 Å². The molecule has 9 nitrogen and oxygen atoms in total. The molecular formula is C19H25N5O4. The summed E-state index contributed by atoms with van der Waals surface area (Å²) >= 11 is 0. The Morgan fingerprint density at radius 2 is 2.18 bits per heavy atom. The van der Waals surface area contributed by atoms with E-state index < -0.39 is 6.09 Å². The Morgan fingerprint density at radius 1 is 1.43 bits per heavy atom.